The lowest BCUT2D eigenvalue weighted by Crippen LogP contribution is -2.21. The summed E-state index contributed by atoms with van der Waals surface area (Å²) in [6.45, 7) is 0.720. The Morgan fingerprint density at radius 2 is 2.05 bits per heavy atom. The molecule has 3 aromatic rings. The van der Waals surface area contributed by atoms with Crippen LogP contribution in [-0.4, -0.2) is 29.9 Å². The summed E-state index contributed by atoms with van der Waals surface area (Å²) in [5.41, 5.74) is 1.85. The van der Waals surface area contributed by atoms with Crippen molar-refractivity contribution in [3.63, 3.8) is 0 Å². The lowest BCUT2D eigenvalue weighted by Gasteiger charge is -2.10. The van der Waals surface area contributed by atoms with Gasteiger partial charge < -0.3 is 10.2 Å². The Bertz CT molecular complexity index is 793. The minimum atomic E-state index is -0.0390. The van der Waals surface area contributed by atoms with E-state index in [-0.39, 0.29) is 5.91 Å². The molecule has 0 aliphatic heterocycles. The van der Waals surface area contributed by atoms with Crippen LogP contribution in [0.5, 0.6) is 0 Å². The van der Waals surface area contributed by atoms with E-state index in [2.05, 4.69) is 39.9 Å². The van der Waals surface area contributed by atoms with Gasteiger partial charge in [0.05, 0.1) is 5.56 Å². The molecule has 4 nitrogen and oxygen atoms in total. The van der Waals surface area contributed by atoms with Crippen LogP contribution in [0.4, 0.5) is 5.82 Å². The number of nitrogens with one attached hydrogen (secondary N) is 1. The van der Waals surface area contributed by atoms with Crippen molar-refractivity contribution in [3.05, 3.63) is 59.1 Å². The summed E-state index contributed by atoms with van der Waals surface area (Å²) in [5, 5.41) is 6.75. The Kier molecular flexibility index (Phi) is 4.06. The highest BCUT2D eigenvalue weighted by Gasteiger charge is 2.08. The number of carbonyl (C=O) groups is 1. The van der Waals surface area contributed by atoms with E-state index in [1.54, 1.807) is 42.6 Å². The van der Waals surface area contributed by atoms with Crippen LogP contribution in [-0.2, 0) is 6.54 Å². The lowest BCUT2D eigenvalue weighted by molar-refractivity contribution is 0.0827. The van der Waals surface area contributed by atoms with Crippen LogP contribution in [0.25, 0.3) is 10.1 Å². The van der Waals surface area contributed by atoms with Crippen molar-refractivity contribution in [3.8, 4) is 0 Å². The zero-order valence-electron chi connectivity index (χ0n) is 12.5. The van der Waals surface area contributed by atoms with E-state index in [0.29, 0.717) is 5.56 Å². The van der Waals surface area contributed by atoms with E-state index >= 15 is 0 Å². The molecule has 0 fully saturated rings. The SMILES string of the molecule is CN(C)C(=O)c1ccc(NCc2csc3ccccc23)nc1. The Balaban J connectivity index is 1.70. The fourth-order valence-corrected chi connectivity index (χ4v) is 3.20. The second-order valence-electron chi connectivity index (χ2n) is 5.24. The molecule has 0 radical (unpaired) electrons. The lowest BCUT2D eigenvalue weighted by atomic mass is 10.2. The normalized spacial score (nSPS) is 10.6. The molecule has 3 rings (SSSR count). The van der Waals surface area contributed by atoms with Crippen molar-refractivity contribution in [2.75, 3.05) is 19.4 Å². The molecule has 0 saturated heterocycles. The van der Waals surface area contributed by atoms with Crippen molar-refractivity contribution in [2.24, 2.45) is 0 Å². The summed E-state index contributed by atoms with van der Waals surface area (Å²) < 4.78 is 1.29. The third-order valence-electron chi connectivity index (χ3n) is 3.44. The molecule has 0 aliphatic rings. The molecule has 1 aromatic carbocycles. The number of hydrogen-bond acceptors (Lipinski definition) is 4. The average molecular weight is 311 g/mol. The van der Waals surface area contributed by atoms with Gasteiger partial charge in [0, 0.05) is 31.5 Å². The zero-order chi connectivity index (χ0) is 15.5. The van der Waals surface area contributed by atoms with Gasteiger partial charge in [0.25, 0.3) is 5.91 Å². The predicted octanol–water partition coefficient (Wildman–Crippen LogP) is 3.61. The van der Waals surface area contributed by atoms with Gasteiger partial charge in [-0.3, -0.25) is 4.79 Å². The fraction of sp³-hybridized carbons (Fsp3) is 0.176. The molecule has 22 heavy (non-hydrogen) atoms. The largest absolute Gasteiger partial charge is 0.366 e. The van der Waals surface area contributed by atoms with Crippen molar-refractivity contribution >= 4 is 33.1 Å². The molecule has 1 amide bonds. The molecule has 2 aromatic heterocycles. The molecule has 1 N–H and O–H groups in total. The van der Waals surface area contributed by atoms with Crippen LogP contribution in [0, 0.1) is 0 Å². The van der Waals surface area contributed by atoms with Gasteiger partial charge in [-0.1, -0.05) is 18.2 Å². The van der Waals surface area contributed by atoms with Gasteiger partial charge in [-0.2, -0.15) is 0 Å². The zero-order valence-corrected chi connectivity index (χ0v) is 13.4. The molecule has 0 atom stereocenters. The molecule has 0 spiro atoms. The maximum absolute atomic E-state index is 11.8. The molecular weight excluding hydrogens is 294 g/mol. The number of benzene rings is 1. The Morgan fingerprint density at radius 1 is 1.23 bits per heavy atom. The fourth-order valence-electron chi connectivity index (χ4n) is 2.24. The van der Waals surface area contributed by atoms with E-state index in [1.165, 1.54) is 15.6 Å². The standard InChI is InChI=1S/C17H17N3OS/c1-20(2)17(21)12-7-8-16(18-9-12)19-10-13-11-22-15-6-4-3-5-14(13)15/h3-9,11H,10H2,1-2H3,(H,18,19). The van der Waals surface area contributed by atoms with Crippen molar-refractivity contribution in [1.29, 1.82) is 0 Å². The van der Waals surface area contributed by atoms with E-state index in [1.807, 2.05) is 6.07 Å². The molecule has 5 heteroatoms. The monoisotopic (exact) mass is 311 g/mol. The minimum absolute atomic E-state index is 0.0390. The molecule has 2 heterocycles. The van der Waals surface area contributed by atoms with Gasteiger partial charge in [0.2, 0.25) is 0 Å². The van der Waals surface area contributed by atoms with E-state index in [0.717, 1.165) is 12.4 Å². The summed E-state index contributed by atoms with van der Waals surface area (Å²) in [5.74, 6) is 0.730. The van der Waals surface area contributed by atoms with Gasteiger partial charge in [0.15, 0.2) is 0 Å². The van der Waals surface area contributed by atoms with E-state index in [9.17, 15) is 4.79 Å². The number of aromatic nitrogens is 1. The topological polar surface area (TPSA) is 45.2 Å². The first-order chi connectivity index (χ1) is 10.6. The van der Waals surface area contributed by atoms with Crippen molar-refractivity contribution < 1.29 is 4.79 Å². The summed E-state index contributed by atoms with van der Waals surface area (Å²) in [6, 6.07) is 12.0. The molecule has 0 saturated carbocycles. The van der Waals surface area contributed by atoms with Crippen LogP contribution in [0.15, 0.2) is 48.0 Å². The number of fused-ring (bicyclic) bond motifs is 1. The van der Waals surface area contributed by atoms with Gasteiger partial charge in [-0.05, 0) is 34.5 Å². The molecular formula is C17H17N3OS. The number of rotatable bonds is 4. The number of pyridine rings is 1. The number of hydrogen-bond donors (Lipinski definition) is 1. The van der Waals surface area contributed by atoms with Crippen molar-refractivity contribution in [1.82, 2.24) is 9.88 Å². The van der Waals surface area contributed by atoms with Crippen LogP contribution >= 0.6 is 11.3 Å². The highest BCUT2D eigenvalue weighted by molar-refractivity contribution is 7.17. The Morgan fingerprint density at radius 3 is 2.77 bits per heavy atom. The number of nitrogens with zero attached hydrogens (tertiary/aromatic N) is 2. The summed E-state index contributed by atoms with van der Waals surface area (Å²) in [4.78, 5) is 17.7. The van der Waals surface area contributed by atoms with Gasteiger partial charge in [0.1, 0.15) is 5.82 Å². The number of amides is 1. The van der Waals surface area contributed by atoms with Crippen molar-refractivity contribution in [2.45, 2.75) is 6.54 Å². The first-order valence-electron chi connectivity index (χ1n) is 7.02. The number of anilines is 1. The van der Waals surface area contributed by atoms with E-state index < -0.39 is 0 Å². The summed E-state index contributed by atoms with van der Waals surface area (Å²) >= 11 is 1.75. The van der Waals surface area contributed by atoms with Crippen LogP contribution in [0.2, 0.25) is 0 Å². The van der Waals surface area contributed by atoms with E-state index in [4.69, 9.17) is 0 Å². The van der Waals surface area contributed by atoms with Gasteiger partial charge in [-0.15, -0.1) is 11.3 Å². The second-order valence-corrected chi connectivity index (χ2v) is 6.15. The predicted molar refractivity (Wildman–Crippen MR) is 91.4 cm³/mol. The quantitative estimate of drug-likeness (QED) is 0.800. The van der Waals surface area contributed by atoms with Crippen LogP contribution in [0.3, 0.4) is 0 Å². The third-order valence-corrected chi connectivity index (χ3v) is 4.45. The summed E-state index contributed by atoms with van der Waals surface area (Å²) in [6.07, 6.45) is 1.61. The maximum Gasteiger partial charge on any atom is 0.254 e. The molecule has 0 unspecified atom stereocenters. The smallest absolute Gasteiger partial charge is 0.254 e. The van der Waals surface area contributed by atoms with Gasteiger partial charge in [-0.25, -0.2) is 4.98 Å². The number of carbonyl (C=O) groups excluding carboxylic acids is 1. The highest BCUT2D eigenvalue weighted by Crippen LogP contribution is 2.26. The molecule has 0 bridgehead atoms. The van der Waals surface area contributed by atoms with Crippen LogP contribution in [0.1, 0.15) is 15.9 Å². The minimum Gasteiger partial charge on any atom is -0.366 e. The Labute approximate surface area is 133 Å². The van der Waals surface area contributed by atoms with Gasteiger partial charge >= 0.3 is 0 Å². The maximum atomic E-state index is 11.8. The summed E-state index contributed by atoms with van der Waals surface area (Å²) in [7, 11) is 3.46. The Hall–Kier alpha value is -2.40. The third kappa shape index (κ3) is 2.94. The molecule has 0 aliphatic carbocycles. The van der Waals surface area contributed by atoms with Crippen LogP contribution < -0.4 is 5.32 Å². The average Bonchev–Trinajstić information content (AvgIpc) is 2.96. The highest BCUT2D eigenvalue weighted by atomic mass is 32.1. The second kappa shape index (κ2) is 6.15. The number of thiophene rings is 1. The molecule has 112 valence electrons. The first kappa shape index (κ1) is 14.5. The first-order valence-corrected chi connectivity index (χ1v) is 7.90.